The summed E-state index contributed by atoms with van der Waals surface area (Å²) in [5, 5.41) is 0. The van der Waals surface area contributed by atoms with Crippen LogP contribution in [-0.4, -0.2) is 31.2 Å². The third-order valence-electron chi connectivity index (χ3n) is 13.2. The smallest absolute Gasteiger partial charge is 0.0784 e. The molecule has 0 aromatic carbocycles. The minimum atomic E-state index is 0. The van der Waals surface area contributed by atoms with E-state index in [1.54, 1.807) is 0 Å². The fraction of sp³-hybridized carbons (Fsp3) is 1.00. The quantitative estimate of drug-likeness (QED) is 0.0425. The summed E-state index contributed by atoms with van der Waals surface area (Å²) in [7, 11) is 2.64. The summed E-state index contributed by atoms with van der Waals surface area (Å²) in [6.07, 6.45) is 67.7. The summed E-state index contributed by atoms with van der Waals surface area (Å²) in [6, 6.07) is 0. The van der Waals surface area contributed by atoms with Crippen molar-refractivity contribution in [1.29, 1.82) is 0 Å². The maximum atomic E-state index is 2.64. The maximum Gasteiger partial charge on any atom is 0.0784 e. The minimum absolute atomic E-state index is 0. The van der Waals surface area contributed by atoms with Gasteiger partial charge < -0.3 is 16.9 Å². The van der Waals surface area contributed by atoms with Crippen LogP contribution in [0.25, 0.3) is 0 Å². The van der Waals surface area contributed by atoms with E-state index in [-0.39, 0.29) is 12.4 Å². The van der Waals surface area contributed by atoms with Gasteiger partial charge in [-0.1, -0.05) is 278 Å². The Labute approximate surface area is 358 Å². The molecule has 0 heterocycles. The molecule has 0 aliphatic carbocycles. The van der Waals surface area contributed by atoms with Gasteiger partial charge in [-0.25, -0.2) is 0 Å². The lowest BCUT2D eigenvalue weighted by atomic mass is 10.0. The van der Waals surface area contributed by atoms with Gasteiger partial charge in [0.15, 0.2) is 0 Å². The summed E-state index contributed by atoms with van der Waals surface area (Å²) in [6.45, 7) is 11.3. The van der Waals surface area contributed by atoms with Gasteiger partial charge in [-0.05, 0) is 38.5 Å². The predicted octanol–water partition coefficient (Wildman–Crippen LogP) is 16.4. The summed E-state index contributed by atoms with van der Waals surface area (Å²) < 4.78 is 1.37. The van der Waals surface area contributed by atoms with E-state index in [0.29, 0.717) is 0 Å². The van der Waals surface area contributed by atoms with Crippen LogP contribution >= 0.6 is 0 Å². The van der Waals surface area contributed by atoms with Crippen molar-refractivity contribution in [3.63, 3.8) is 0 Å². The molecule has 0 rings (SSSR count). The Morgan fingerprint density at radius 3 is 0.418 bits per heavy atom. The highest BCUT2D eigenvalue weighted by atomic mass is 35.5. The Hall–Kier alpha value is 0.250. The number of halogens is 1. The third-order valence-corrected chi connectivity index (χ3v) is 13.2. The second kappa shape index (κ2) is 50.4. The first-order valence-corrected chi connectivity index (χ1v) is 26.5. The SMILES string of the molecule is CCCCCCCCCCCCCCCCCC[N+](C)(CCCCCCCCCCCCCCCC)CCCCCCCCCCCCCCCCCC.[Cl-]. The van der Waals surface area contributed by atoms with Crippen LogP contribution in [0.1, 0.15) is 316 Å². The van der Waals surface area contributed by atoms with Gasteiger partial charge in [-0.2, -0.15) is 0 Å². The second-order valence-corrected chi connectivity index (χ2v) is 19.0. The zero-order valence-electron chi connectivity index (χ0n) is 39.5. The van der Waals surface area contributed by atoms with E-state index in [0.717, 1.165) is 0 Å². The Bertz CT molecular complexity index is 612. The van der Waals surface area contributed by atoms with Crippen LogP contribution < -0.4 is 12.4 Å². The Kier molecular flexibility index (Phi) is 52.5. The number of nitrogens with zero attached hydrogens (tertiary/aromatic N) is 1. The largest absolute Gasteiger partial charge is 1.00 e. The Balaban J connectivity index is 0. The first-order valence-electron chi connectivity index (χ1n) is 26.5. The molecule has 0 radical (unpaired) electrons. The molecule has 55 heavy (non-hydrogen) atoms. The molecule has 0 aliphatic heterocycles. The molecule has 1 nitrogen and oxygen atoms in total. The van der Waals surface area contributed by atoms with Crippen LogP contribution in [0, 0.1) is 0 Å². The lowest BCUT2D eigenvalue weighted by Gasteiger charge is -2.35. The van der Waals surface area contributed by atoms with Crippen LogP contribution in [0.5, 0.6) is 0 Å². The van der Waals surface area contributed by atoms with E-state index in [4.69, 9.17) is 0 Å². The highest BCUT2D eigenvalue weighted by Crippen LogP contribution is 2.19. The highest BCUT2D eigenvalue weighted by molar-refractivity contribution is 4.55. The molecule has 0 unspecified atom stereocenters. The van der Waals surface area contributed by atoms with Gasteiger partial charge >= 0.3 is 0 Å². The van der Waals surface area contributed by atoms with Gasteiger partial charge in [0.2, 0.25) is 0 Å². The van der Waals surface area contributed by atoms with Gasteiger partial charge in [0.1, 0.15) is 0 Å². The van der Waals surface area contributed by atoms with Crippen LogP contribution in [0.15, 0.2) is 0 Å². The maximum absolute atomic E-state index is 2.64. The molecule has 0 amide bonds. The van der Waals surface area contributed by atoms with Crippen LogP contribution in [0.2, 0.25) is 0 Å². The van der Waals surface area contributed by atoms with Crippen molar-refractivity contribution in [2.45, 2.75) is 316 Å². The lowest BCUT2D eigenvalue weighted by Crippen LogP contribution is -3.00. The first kappa shape index (κ1) is 57.3. The molecular formula is C53H110ClN. The number of rotatable bonds is 49. The Morgan fingerprint density at radius 1 is 0.182 bits per heavy atom. The molecule has 0 saturated carbocycles. The number of hydrogen-bond donors (Lipinski definition) is 0. The Morgan fingerprint density at radius 2 is 0.291 bits per heavy atom. The van der Waals surface area contributed by atoms with Crippen molar-refractivity contribution in [3.05, 3.63) is 0 Å². The zero-order chi connectivity index (χ0) is 39.1. The van der Waals surface area contributed by atoms with Gasteiger partial charge in [0, 0.05) is 0 Å². The average Bonchev–Trinajstić information content (AvgIpc) is 3.17. The summed E-state index contributed by atoms with van der Waals surface area (Å²) >= 11 is 0. The van der Waals surface area contributed by atoms with E-state index >= 15 is 0 Å². The minimum Gasteiger partial charge on any atom is -1.00 e. The van der Waals surface area contributed by atoms with Crippen LogP contribution in [0.4, 0.5) is 0 Å². The molecule has 0 bridgehead atoms. The van der Waals surface area contributed by atoms with Gasteiger partial charge in [0.25, 0.3) is 0 Å². The third kappa shape index (κ3) is 48.5. The number of hydrogen-bond acceptors (Lipinski definition) is 0. The number of quaternary nitrogens is 1. The van der Waals surface area contributed by atoms with E-state index in [9.17, 15) is 0 Å². The van der Waals surface area contributed by atoms with E-state index in [1.165, 1.54) is 319 Å². The number of unbranched alkanes of at least 4 members (excludes halogenated alkanes) is 43. The average molecular weight is 797 g/mol. The van der Waals surface area contributed by atoms with E-state index < -0.39 is 0 Å². The fourth-order valence-corrected chi connectivity index (χ4v) is 9.11. The molecule has 0 N–H and O–H groups in total. The second-order valence-electron chi connectivity index (χ2n) is 19.0. The van der Waals surface area contributed by atoms with Crippen molar-refractivity contribution in [3.8, 4) is 0 Å². The van der Waals surface area contributed by atoms with Crippen LogP contribution in [-0.2, 0) is 0 Å². The van der Waals surface area contributed by atoms with E-state index in [1.807, 2.05) is 0 Å². The normalized spacial score (nSPS) is 11.8. The molecule has 0 spiro atoms. The molecule has 0 fully saturated rings. The van der Waals surface area contributed by atoms with Gasteiger partial charge in [-0.15, -0.1) is 0 Å². The predicted molar refractivity (Wildman–Crippen MR) is 250 cm³/mol. The molecule has 0 aliphatic rings. The van der Waals surface area contributed by atoms with Crippen molar-refractivity contribution in [2.24, 2.45) is 0 Å². The monoisotopic (exact) mass is 796 g/mol. The molecule has 0 aromatic heterocycles. The van der Waals surface area contributed by atoms with Crippen molar-refractivity contribution < 1.29 is 16.9 Å². The summed E-state index contributed by atoms with van der Waals surface area (Å²) in [5.74, 6) is 0. The van der Waals surface area contributed by atoms with Crippen molar-refractivity contribution >= 4 is 0 Å². The summed E-state index contributed by atoms with van der Waals surface area (Å²) in [4.78, 5) is 0. The summed E-state index contributed by atoms with van der Waals surface area (Å²) in [5.41, 5.74) is 0. The fourth-order valence-electron chi connectivity index (χ4n) is 9.11. The highest BCUT2D eigenvalue weighted by Gasteiger charge is 2.20. The van der Waals surface area contributed by atoms with Gasteiger partial charge in [-0.3, -0.25) is 0 Å². The van der Waals surface area contributed by atoms with E-state index in [2.05, 4.69) is 27.8 Å². The molecule has 2 heteroatoms. The standard InChI is InChI=1S/C53H110N.ClH/c1-5-8-11-14-17-20-23-26-29-31-34-37-40-43-46-49-52-54(4,51-48-45-42-39-36-33-28-25-22-19-16-13-10-7-3)53-50-47-44-41-38-35-32-30-27-24-21-18-15-12-9-6-2;/h5-53H2,1-4H3;1H/q+1;/p-1. The van der Waals surface area contributed by atoms with Crippen molar-refractivity contribution in [1.82, 2.24) is 0 Å². The molecule has 334 valence electrons. The topological polar surface area (TPSA) is 0 Å². The molecule has 0 saturated heterocycles. The van der Waals surface area contributed by atoms with Crippen molar-refractivity contribution in [2.75, 3.05) is 26.7 Å². The molecular weight excluding hydrogens is 686 g/mol. The zero-order valence-corrected chi connectivity index (χ0v) is 40.2. The first-order chi connectivity index (χ1) is 26.7. The lowest BCUT2D eigenvalue weighted by molar-refractivity contribution is -0.910. The van der Waals surface area contributed by atoms with Crippen LogP contribution in [0.3, 0.4) is 0 Å². The molecule has 0 atom stereocenters. The molecule has 0 aromatic rings. The van der Waals surface area contributed by atoms with Gasteiger partial charge in [0.05, 0.1) is 26.7 Å².